The Balaban J connectivity index is 1.85. The van der Waals surface area contributed by atoms with Crippen molar-refractivity contribution < 1.29 is 18.3 Å². The lowest BCUT2D eigenvalue weighted by Crippen LogP contribution is -2.49. The maximum absolute atomic E-state index is 12.3. The first-order valence-corrected chi connectivity index (χ1v) is 8.00. The summed E-state index contributed by atoms with van der Waals surface area (Å²) < 4.78 is 36.8. The minimum atomic E-state index is -4.33. The highest BCUT2D eigenvalue weighted by Crippen LogP contribution is 2.24. The molecule has 1 aromatic rings. The van der Waals surface area contributed by atoms with Crippen LogP contribution in [-0.4, -0.2) is 59.9 Å². The van der Waals surface area contributed by atoms with Gasteiger partial charge in [0.1, 0.15) is 0 Å². The molecular formula is C17H22F3N3O. The number of β-amino-alcohol motifs (C(OH)–C–C–N with tert-alkyl or cyclic N) is 1. The molecule has 0 unspecified atom stereocenters. The first-order valence-electron chi connectivity index (χ1n) is 8.00. The zero-order chi connectivity index (χ0) is 17.7. The molecule has 2 atom stereocenters. The first kappa shape index (κ1) is 18.7. The Labute approximate surface area is 140 Å². The van der Waals surface area contributed by atoms with Crippen LogP contribution in [0.2, 0.25) is 0 Å². The van der Waals surface area contributed by atoms with E-state index in [4.69, 9.17) is 5.26 Å². The Bertz CT molecular complexity index is 577. The van der Waals surface area contributed by atoms with Crippen molar-refractivity contribution in [2.24, 2.45) is 0 Å². The number of rotatable bonds is 5. The van der Waals surface area contributed by atoms with Crippen LogP contribution in [0, 0.1) is 11.3 Å². The number of aliphatic hydroxyl groups excluding tert-OH is 1. The summed E-state index contributed by atoms with van der Waals surface area (Å²) in [5, 5.41) is 18.5. The number of piperazine rings is 1. The molecule has 24 heavy (non-hydrogen) atoms. The minimum Gasteiger partial charge on any atom is -0.391 e. The topological polar surface area (TPSA) is 50.5 Å². The van der Waals surface area contributed by atoms with Crippen molar-refractivity contribution >= 4 is 0 Å². The molecule has 1 fully saturated rings. The van der Waals surface area contributed by atoms with Crippen molar-refractivity contribution in [1.29, 1.82) is 5.26 Å². The Morgan fingerprint density at radius 3 is 2.50 bits per heavy atom. The molecule has 1 heterocycles. The monoisotopic (exact) mass is 341 g/mol. The summed E-state index contributed by atoms with van der Waals surface area (Å²) in [4.78, 5) is 4.11. The summed E-state index contributed by atoms with van der Waals surface area (Å²) in [5.41, 5.74) is 1.67. The molecule has 0 aliphatic carbocycles. The Morgan fingerprint density at radius 1 is 1.25 bits per heavy atom. The highest BCUT2D eigenvalue weighted by molar-refractivity contribution is 5.34. The molecule has 0 bridgehead atoms. The second-order valence-corrected chi connectivity index (χ2v) is 6.22. The summed E-state index contributed by atoms with van der Waals surface area (Å²) >= 11 is 0. The van der Waals surface area contributed by atoms with E-state index in [1.165, 1.54) is 0 Å². The number of nitrogens with zero attached hydrogens (tertiary/aromatic N) is 3. The number of nitriles is 1. The smallest absolute Gasteiger partial charge is 0.391 e. The molecule has 1 aromatic carbocycles. The average Bonchev–Trinajstić information content (AvgIpc) is 2.53. The fraction of sp³-hybridized carbons (Fsp3) is 0.588. The molecule has 1 aliphatic heterocycles. The van der Waals surface area contributed by atoms with Gasteiger partial charge in [0.15, 0.2) is 0 Å². The van der Waals surface area contributed by atoms with Crippen molar-refractivity contribution in [2.45, 2.75) is 31.7 Å². The number of alkyl halides is 3. The predicted octanol–water partition coefficient (Wildman–Crippen LogP) is 2.55. The van der Waals surface area contributed by atoms with E-state index in [0.29, 0.717) is 18.7 Å². The lowest BCUT2D eigenvalue weighted by molar-refractivity contribution is -0.155. The van der Waals surface area contributed by atoms with Crippen LogP contribution in [0.3, 0.4) is 0 Å². The second kappa shape index (κ2) is 7.97. The zero-order valence-electron chi connectivity index (χ0n) is 13.6. The van der Waals surface area contributed by atoms with E-state index in [2.05, 4.69) is 17.9 Å². The SMILES string of the molecule is C[C@H](c1cccc(C#N)c1)N1CCN(C[C@H](O)CC(F)(F)F)CC1. The highest BCUT2D eigenvalue weighted by Gasteiger charge is 2.32. The summed E-state index contributed by atoms with van der Waals surface area (Å²) in [7, 11) is 0. The van der Waals surface area contributed by atoms with Crippen LogP contribution in [0.5, 0.6) is 0 Å². The van der Waals surface area contributed by atoms with Crippen LogP contribution in [0.1, 0.15) is 30.5 Å². The summed E-state index contributed by atoms with van der Waals surface area (Å²) in [6.45, 7) is 4.79. The fourth-order valence-corrected chi connectivity index (χ4v) is 3.04. The molecule has 4 nitrogen and oxygen atoms in total. The maximum Gasteiger partial charge on any atom is 0.391 e. The molecule has 0 aromatic heterocycles. The van der Waals surface area contributed by atoms with Crippen molar-refractivity contribution in [3.63, 3.8) is 0 Å². The van der Waals surface area contributed by atoms with Gasteiger partial charge in [-0.15, -0.1) is 0 Å². The number of hydrogen-bond donors (Lipinski definition) is 1. The Hall–Kier alpha value is -1.62. The number of benzene rings is 1. The van der Waals surface area contributed by atoms with Crippen LogP contribution in [0.25, 0.3) is 0 Å². The Morgan fingerprint density at radius 2 is 1.92 bits per heavy atom. The first-order chi connectivity index (χ1) is 11.3. The molecule has 1 saturated heterocycles. The third-order valence-electron chi connectivity index (χ3n) is 4.39. The zero-order valence-corrected chi connectivity index (χ0v) is 13.6. The van der Waals surface area contributed by atoms with Gasteiger partial charge in [0, 0.05) is 38.8 Å². The number of aliphatic hydroxyl groups is 1. The third kappa shape index (κ3) is 5.48. The van der Waals surface area contributed by atoms with Gasteiger partial charge in [0.2, 0.25) is 0 Å². The normalized spacial score (nSPS) is 19.7. The van der Waals surface area contributed by atoms with Crippen LogP contribution in [-0.2, 0) is 0 Å². The van der Waals surface area contributed by atoms with Gasteiger partial charge in [0.05, 0.1) is 24.2 Å². The summed E-state index contributed by atoms with van der Waals surface area (Å²) in [6, 6.07) is 9.72. The Kier molecular flexibility index (Phi) is 6.21. The second-order valence-electron chi connectivity index (χ2n) is 6.22. The minimum absolute atomic E-state index is 0.0473. The van der Waals surface area contributed by atoms with E-state index in [1.807, 2.05) is 23.1 Å². The quantitative estimate of drug-likeness (QED) is 0.894. The average molecular weight is 341 g/mol. The number of hydrogen-bond acceptors (Lipinski definition) is 4. The van der Waals surface area contributed by atoms with Crippen molar-refractivity contribution in [3.8, 4) is 6.07 Å². The van der Waals surface area contributed by atoms with Gasteiger partial charge in [-0.1, -0.05) is 12.1 Å². The predicted molar refractivity (Wildman–Crippen MR) is 84.3 cm³/mol. The fourth-order valence-electron chi connectivity index (χ4n) is 3.04. The highest BCUT2D eigenvalue weighted by atomic mass is 19.4. The van der Waals surface area contributed by atoms with Crippen molar-refractivity contribution in [3.05, 3.63) is 35.4 Å². The largest absolute Gasteiger partial charge is 0.391 e. The molecule has 0 spiro atoms. The van der Waals surface area contributed by atoms with E-state index in [9.17, 15) is 18.3 Å². The van der Waals surface area contributed by atoms with Gasteiger partial charge < -0.3 is 5.11 Å². The van der Waals surface area contributed by atoms with E-state index >= 15 is 0 Å². The third-order valence-corrected chi connectivity index (χ3v) is 4.39. The van der Waals surface area contributed by atoms with Crippen LogP contribution >= 0.6 is 0 Å². The molecule has 2 rings (SSSR count). The van der Waals surface area contributed by atoms with Crippen LogP contribution in [0.15, 0.2) is 24.3 Å². The molecule has 0 amide bonds. The van der Waals surface area contributed by atoms with Gasteiger partial charge in [-0.25, -0.2) is 0 Å². The van der Waals surface area contributed by atoms with Gasteiger partial charge in [-0.3, -0.25) is 9.80 Å². The molecular weight excluding hydrogens is 319 g/mol. The molecule has 0 saturated carbocycles. The van der Waals surface area contributed by atoms with Crippen molar-refractivity contribution in [1.82, 2.24) is 9.80 Å². The van der Waals surface area contributed by atoms with E-state index in [1.54, 1.807) is 6.07 Å². The van der Waals surface area contributed by atoms with Crippen LogP contribution in [0.4, 0.5) is 13.2 Å². The molecule has 7 heteroatoms. The van der Waals surface area contributed by atoms with E-state index < -0.39 is 18.7 Å². The lowest BCUT2D eigenvalue weighted by atomic mass is 10.0. The molecule has 132 valence electrons. The van der Waals surface area contributed by atoms with Gasteiger partial charge >= 0.3 is 6.18 Å². The van der Waals surface area contributed by atoms with Gasteiger partial charge in [0.25, 0.3) is 0 Å². The van der Waals surface area contributed by atoms with Crippen molar-refractivity contribution in [2.75, 3.05) is 32.7 Å². The molecule has 1 aliphatic rings. The standard InChI is InChI=1S/C17H22F3N3O/c1-13(15-4-2-3-14(9-15)11-21)23-7-5-22(6-8-23)12-16(24)10-17(18,19)20/h2-4,9,13,16,24H,5-8,10,12H2,1H3/t13-,16-/m1/s1. The lowest BCUT2D eigenvalue weighted by Gasteiger charge is -2.39. The van der Waals surface area contributed by atoms with E-state index in [-0.39, 0.29) is 12.6 Å². The molecule has 0 radical (unpaired) electrons. The van der Waals surface area contributed by atoms with Gasteiger partial charge in [-0.2, -0.15) is 18.4 Å². The van der Waals surface area contributed by atoms with Gasteiger partial charge in [-0.05, 0) is 24.6 Å². The van der Waals surface area contributed by atoms with Crippen LogP contribution < -0.4 is 0 Å². The molecule has 1 N–H and O–H groups in total. The maximum atomic E-state index is 12.3. The summed E-state index contributed by atoms with van der Waals surface area (Å²) in [6.07, 6.45) is -6.87. The van der Waals surface area contributed by atoms with E-state index in [0.717, 1.165) is 18.7 Å². The summed E-state index contributed by atoms with van der Waals surface area (Å²) in [5.74, 6) is 0. The number of halogens is 3.